The zero-order valence-corrected chi connectivity index (χ0v) is 12.3. The zero-order chi connectivity index (χ0) is 13.6. The minimum atomic E-state index is -0.317. The topological polar surface area (TPSA) is 33.6 Å². The number of pyridine rings is 1. The number of nitrogens with zero attached hydrogens (tertiary/aromatic N) is 2. The third kappa shape index (κ3) is 2.11. The summed E-state index contributed by atoms with van der Waals surface area (Å²) < 4.78 is 16.4. The molecule has 0 amide bonds. The lowest BCUT2D eigenvalue weighted by molar-refractivity contribution is 0.626. The summed E-state index contributed by atoms with van der Waals surface area (Å²) in [5.74, 6) is -0.317. The molecule has 6 heteroatoms. The van der Waals surface area contributed by atoms with Gasteiger partial charge in [0.05, 0.1) is 11.2 Å². The number of imidazole rings is 1. The van der Waals surface area contributed by atoms with Crippen LogP contribution in [-0.2, 0) is 0 Å². The summed E-state index contributed by atoms with van der Waals surface area (Å²) in [6, 6.07) is 8.29. The molecule has 2 heterocycles. The fourth-order valence-electron chi connectivity index (χ4n) is 1.96. The molecule has 0 radical (unpaired) electrons. The molecule has 0 atom stereocenters. The van der Waals surface area contributed by atoms with Gasteiger partial charge >= 0.3 is 0 Å². The van der Waals surface area contributed by atoms with Crippen LogP contribution in [0.1, 0.15) is 5.69 Å². The van der Waals surface area contributed by atoms with E-state index in [1.807, 2.05) is 19.1 Å². The Labute approximate surface area is 122 Å². The number of rotatable bonds is 1. The van der Waals surface area contributed by atoms with E-state index in [0.717, 1.165) is 15.7 Å². The van der Waals surface area contributed by atoms with Gasteiger partial charge in [0.25, 0.3) is 0 Å². The Bertz CT molecular complexity index is 838. The molecule has 1 aromatic carbocycles. The van der Waals surface area contributed by atoms with E-state index < -0.39 is 0 Å². The number of aromatic nitrogens is 3. The van der Waals surface area contributed by atoms with Crippen molar-refractivity contribution in [1.82, 2.24) is 14.5 Å². The summed E-state index contributed by atoms with van der Waals surface area (Å²) in [6.45, 7) is 1.90. The Balaban J connectivity index is 2.42. The Morgan fingerprint density at radius 1 is 1.32 bits per heavy atom. The van der Waals surface area contributed by atoms with Crippen molar-refractivity contribution in [1.29, 1.82) is 0 Å². The van der Waals surface area contributed by atoms with E-state index in [2.05, 4.69) is 25.9 Å². The van der Waals surface area contributed by atoms with Gasteiger partial charge in [0.2, 0.25) is 0 Å². The van der Waals surface area contributed by atoms with Crippen LogP contribution in [0.3, 0.4) is 0 Å². The molecular formula is C13H9BrFN3S. The van der Waals surface area contributed by atoms with Crippen molar-refractivity contribution >= 4 is 39.3 Å². The molecule has 1 N–H and O–H groups in total. The Morgan fingerprint density at radius 2 is 2.11 bits per heavy atom. The van der Waals surface area contributed by atoms with E-state index >= 15 is 0 Å². The molecular weight excluding hydrogens is 329 g/mol. The third-order valence-electron chi connectivity index (χ3n) is 2.82. The summed E-state index contributed by atoms with van der Waals surface area (Å²) >= 11 is 8.72. The smallest absolute Gasteiger partial charge is 0.184 e. The number of halogens is 2. The predicted molar refractivity (Wildman–Crippen MR) is 78.6 cm³/mol. The van der Waals surface area contributed by atoms with Crippen molar-refractivity contribution in [3.05, 3.63) is 51.1 Å². The third-order valence-corrected chi connectivity index (χ3v) is 3.78. The molecule has 0 aliphatic carbocycles. The SMILES string of the molecule is Cc1ccc2[nH]c(=S)n(-c3cc(F)ccc3Br)c2n1. The molecule has 3 rings (SSSR count). The van der Waals surface area contributed by atoms with Crippen LogP contribution >= 0.6 is 28.1 Å². The molecule has 3 aromatic rings. The van der Waals surface area contributed by atoms with Crippen molar-refractivity contribution in [2.24, 2.45) is 0 Å². The van der Waals surface area contributed by atoms with Crippen molar-refractivity contribution in [2.45, 2.75) is 6.92 Å². The first-order chi connectivity index (χ1) is 9.06. The average Bonchev–Trinajstić information content (AvgIpc) is 2.68. The number of benzene rings is 1. The zero-order valence-electron chi connectivity index (χ0n) is 9.95. The first-order valence-corrected chi connectivity index (χ1v) is 6.80. The minimum absolute atomic E-state index is 0.317. The number of H-pyrrole nitrogens is 1. The number of aromatic amines is 1. The monoisotopic (exact) mass is 337 g/mol. The van der Waals surface area contributed by atoms with Gasteiger partial charge in [-0.05, 0) is 65.4 Å². The van der Waals surface area contributed by atoms with Crippen LogP contribution in [-0.4, -0.2) is 14.5 Å². The van der Waals surface area contributed by atoms with Crippen molar-refractivity contribution < 1.29 is 4.39 Å². The Morgan fingerprint density at radius 3 is 2.89 bits per heavy atom. The maximum Gasteiger partial charge on any atom is 0.184 e. The van der Waals surface area contributed by atoms with E-state index in [9.17, 15) is 4.39 Å². The second-order valence-electron chi connectivity index (χ2n) is 4.19. The maximum atomic E-state index is 13.5. The van der Waals surface area contributed by atoms with Gasteiger partial charge in [-0.3, -0.25) is 4.57 Å². The van der Waals surface area contributed by atoms with E-state index in [1.165, 1.54) is 12.1 Å². The van der Waals surface area contributed by atoms with Gasteiger partial charge in [0.15, 0.2) is 10.4 Å². The molecule has 2 aromatic heterocycles. The fraction of sp³-hybridized carbons (Fsp3) is 0.0769. The van der Waals surface area contributed by atoms with E-state index in [0.29, 0.717) is 16.1 Å². The first kappa shape index (κ1) is 12.5. The van der Waals surface area contributed by atoms with Crippen LogP contribution in [0.4, 0.5) is 4.39 Å². The molecule has 19 heavy (non-hydrogen) atoms. The van der Waals surface area contributed by atoms with E-state index in [4.69, 9.17) is 12.2 Å². The lowest BCUT2D eigenvalue weighted by atomic mass is 10.3. The molecule has 0 fully saturated rings. The highest BCUT2D eigenvalue weighted by atomic mass is 79.9. The summed E-state index contributed by atoms with van der Waals surface area (Å²) in [6.07, 6.45) is 0. The lowest BCUT2D eigenvalue weighted by Gasteiger charge is -2.07. The quantitative estimate of drug-likeness (QED) is 0.672. The molecule has 0 aliphatic rings. The maximum absolute atomic E-state index is 13.5. The molecule has 0 aliphatic heterocycles. The van der Waals surface area contributed by atoms with E-state index in [1.54, 1.807) is 10.6 Å². The van der Waals surface area contributed by atoms with Crippen molar-refractivity contribution in [2.75, 3.05) is 0 Å². The second kappa shape index (κ2) is 4.54. The summed E-state index contributed by atoms with van der Waals surface area (Å²) in [7, 11) is 0. The second-order valence-corrected chi connectivity index (χ2v) is 5.43. The highest BCUT2D eigenvalue weighted by Crippen LogP contribution is 2.26. The summed E-state index contributed by atoms with van der Waals surface area (Å²) in [5.41, 5.74) is 3.03. The summed E-state index contributed by atoms with van der Waals surface area (Å²) in [4.78, 5) is 7.54. The number of nitrogens with one attached hydrogen (secondary N) is 1. The van der Waals surface area contributed by atoms with Crippen molar-refractivity contribution in [3.63, 3.8) is 0 Å². The van der Waals surface area contributed by atoms with Gasteiger partial charge in [-0.25, -0.2) is 9.37 Å². The van der Waals surface area contributed by atoms with Gasteiger partial charge in [-0.2, -0.15) is 0 Å². The van der Waals surface area contributed by atoms with Crippen LogP contribution in [0.25, 0.3) is 16.9 Å². The van der Waals surface area contributed by atoms with E-state index in [-0.39, 0.29) is 5.82 Å². The van der Waals surface area contributed by atoms with Crippen LogP contribution in [0, 0.1) is 17.5 Å². The molecule has 0 unspecified atom stereocenters. The highest BCUT2D eigenvalue weighted by molar-refractivity contribution is 9.10. The predicted octanol–water partition coefficient (Wildman–Crippen LogP) is 4.29. The van der Waals surface area contributed by atoms with Crippen LogP contribution in [0.15, 0.2) is 34.8 Å². The fourth-order valence-corrected chi connectivity index (χ4v) is 2.68. The van der Waals surface area contributed by atoms with Crippen LogP contribution in [0.5, 0.6) is 0 Å². The largest absolute Gasteiger partial charge is 0.329 e. The highest BCUT2D eigenvalue weighted by Gasteiger charge is 2.11. The Hall–Kier alpha value is -1.53. The number of aryl methyl sites for hydroxylation is 1. The van der Waals surface area contributed by atoms with Crippen LogP contribution < -0.4 is 0 Å². The van der Waals surface area contributed by atoms with Crippen molar-refractivity contribution in [3.8, 4) is 5.69 Å². The molecule has 0 spiro atoms. The summed E-state index contributed by atoms with van der Waals surface area (Å²) in [5, 5.41) is 0. The number of hydrogen-bond acceptors (Lipinski definition) is 2. The van der Waals surface area contributed by atoms with Gasteiger partial charge in [-0.1, -0.05) is 0 Å². The number of hydrogen-bond donors (Lipinski definition) is 1. The molecule has 96 valence electrons. The molecule has 0 saturated carbocycles. The minimum Gasteiger partial charge on any atom is -0.329 e. The number of fused-ring (bicyclic) bond motifs is 1. The first-order valence-electron chi connectivity index (χ1n) is 5.60. The molecule has 0 saturated heterocycles. The van der Waals surface area contributed by atoms with Gasteiger partial charge in [-0.15, -0.1) is 0 Å². The molecule has 0 bridgehead atoms. The van der Waals surface area contributed by atoms with Gasteiger partial charge in [0.1, 0.15) is 5.82 Å². The van der Waals surface area contributed by atoms with Crippen LogP contribution in [0.2, 0.25) is 0 Å². The Kier molecular flexibility index (Phi) is 2.99. The van der Waals surface area contributed by atoms with Gasteiger partial charge in [0, 0.05) is 10.2 Å². The standard InChI is InChI=1S/C13H9BrFN3S/c1-7-2-5-10-12(16-7)18(13(19)17-10)11-6-8(15)3-4-9(11)14/h2-6H,1H3,(H,17,19). The van der Waals surface area contributed by atoms with Gasteiger partial charge < -0.3 is 4.98 Å². The molecule has 3 nitrogen and oxygen atoms in total. The normalized spacial score (nSPS) is 11.1. The lowest BCUT2D eigenvalue weighted by Crippen LogP contribution is -1.98. The average molecular weight is 338 g/mol.